The molecule has 0 aliphatic heterocycles. The molecule has 0 spiro atoms. The zero-order chi connectivity index (χ0) is 7.28. The van der Waals surface area contributed by atoms with Crippen LogP contribution in [0.25, 0.3) is 0 Å². The van der Waals surface area contributed by atoms with Crippen LogP contribution in [0.15, 0.2) is 0 Å². The second kappa shape index (κ2) is 4.46. The summed E-state index contributed by atoms with van der Waals surface area (Å²) in [5, 5.41) is 0. The number of hydrogen-bond donors (Lipinski definition) is 0. The molecule has 0 aromatic carbocycles. The molecule has 0 aromatic rings. The highest BCUT2D eigenvalue weighted by Crippen LogP contribution is 1.88. The van der Waals surface area contributed by atoms with Gasteiger partial charge in [-0.25, -0.2) is 0 Å². The molecule has 0 radical (unpaired) electrons. The van der Waals surface area contributed by atoms with E-state index in [1.165, 1.54) is 0 Å². The topological polar surface area (TPSA) is 60.4 Å². The normalized spacial score (nSPS) is 12.7. The summed E-state index contributed by atoms with van der Waals surface area (Å²) < 4.78 is 20.7. The minimum atomic E-state index is -2.39. The van der Waals surface area contributed by atoms with E-state index >= 15 is 0 Å². The van der Waals surface area contributed by atoms with Crippen molar-refractivity contribution in [3.05, 3.63) is 0 Å². The van der Waals surface area contributed by atoms with Gasteiger partial charge in [0.25, 0.3) is 0 Å². The van der Waals surface area contributed by atoms with Crippen molar-refractivity contribution in [3.8, 4) is 0 Å². The van der Waals surface area contributed by atoms with Gasteiger partial charge in [0.15, 0.2) is 0 Å². The predicted octanol–water partition coefficient (Wildman–Crippen LogP) is -0.351. The summed E-state index contributed by atoms with van der Waals surface area (Å²) in [7, 11) is 0. The summed E-state index contributed by atoms with van der Waals surface area (Å²) >= 11 is -2.39. The molecule has 0 aliphatic rings. The first-order valence-corrected chi connectivity index (χ1v) is 3.56. The summed E-state index contributed by atoms with van der Waals surface area (Å²) in [6, 6.07) is 0. The number of nitrogens with zero attached hydrogens (tertiary/aromatic N) is 1. The summed E-state index contributed by atoms with van der Waals surface area (Å²) in [5.74, 6) is 0. The molecule has 0 heterocycles. The van der Waals surface area contributed by atoms with E-state index in [1.54, 1.807) is 6.92 Å². The maximum absolute atomic E-state index is 10.0. The third-order valence-electron chi connectivity index (χ3n) is 0.753. The molecule has 0 aliphatic carbocycles. The van der Waals surface area contributed by atoms with Crippen molar-refractivity contribution < 1.29 is 13.6 Å². The summed E-state index contributed by atoms with van der Waals surface area (Å²) in [6.07, 6.45) is 0.944. The summed E-state index contributed by atoms with van der Waals surface area (Å²) in [4.78, 5) is 9.87. The third kappa shape index (κ3) is 3.21. The van der Waals surface area contributed by atoms with Gasteiger partial charge < -0.3 is 4.55 Å². The van der Waals surface area contributed by atoms with E-state index in [0.29, 0.717) is 17.1 Å². The maximum Gasteiger partial charge on any atom is 0.220 e. The lowest BCUT2D eigenvalue weighted by Crippen LogP contribution is -2.24. The SMILES string of the molecule is CCCN(C=O)S(=O)[O-]. The van der Waals surface area contributed by atoms with Gasteiger partial charge >= 0.3 is 0 Å². The van der Waals surface area contributed by atoms with Crippen molar-refractivity contribution in [2.75, 3.05) is 6.54 Å². The molecule has 9 heavy (non-hydrogen) atoms. The molecule has 0 N–H and O–H groups in total. The smallest absolute Gasteiger partial charge is 0.220 e. The highest BCUT2D eigenvalue weighted by atomic mass is 32.2. The van der Waals surface area contributed by atoms with E-state index in [0.717, 1.165) is 0 Å². The highest BCUT2D eigenvalue weighted by molar-refractivity contribution is 7.77. The molecule has 0 aromatic heterocycles. The van der Waals surface area contributed by atoms with E-state index in [2.05, 4.69) is 0 Å². The molecule has 0 saturated heterocycles. The number of carbonyl (C=O) groups is 1. The maximum atomic E-state index is 10.0. The van der Waals surface area contributed by atoms with Crippen LogP contribution in [0.3, 0.4) is 0 Å². The van der Waals surface area contributed by atoms with Crippen LogP contribution in [0.5, 0.6) is 0 Å². The molecule has 54 valence electrons. The van der Waals surface area contributed by atoms with Gasteiger partial charge in [-0.15, -0.1) is 0 Å². The largest absolute Gasteiger partial charge is 0.755 e. The van der Waals surface area contributed by atoms with Gasteiger partial charge in [-0.2, -0.15) is 0 Å². The molecular formula is C4H8NO3S-. The number of hydrogen-bond acceptors (Lipinski definition) is 3. The highest BCUT2D eigenvalue weighted by Gasteiger charge is 1.96. The van der Waals surface area contributed by atoms with Crippen LogP contribution in [0.1, 0.15) is 13.3 Å². The lowest BCUT2D eigenvalue weighted by Gasteiger charge is -2.17. The standard InChI is InChI=1S/C4H9NO3S/c1-2-3-5(4-6)9(7)8/h4H,2-3H2,1H3,(H,7,8)/p-1. The summed E-state index contributed by atoms with van der Waals surface area (Å²) in [5.41, 5.74) is 0. The van der Waals surface area contributed by atoms with Crippen molar-refractivity contribution in [3.63, 3.8) is 0 Å². The lowest BCUT2D eigenvalue weighted by atomic mass is 10.5. The van der Waals surface area contributed by atoms with E-state index < -0.39 is 11.3 Å². The Bertz CT molecular complexity index is 116. The molecule has 0 bridgehead atoms. The molecule has 0 fully saturated rings. The van der Waals surface area contributed by atoms with Crippen LogP contribution in [-0.2, 0) is 16.1 Å². The first-order valence-electron chi connectivity index (χ1n) is 2.53. The van der Waals surface area contributed by atoms with Gasteiger partial charge in [0, 0.05) is 17.8 Å². The Balaban J connectivity index is 3.68. The van der Waals surface area contributed by atoms with Crippen molar-refractivity contribution in [2.45, 2.75) is 13.3 Å². The van der Waals surface area contributed by atoms with Gasteiger partial charge in [0.05, 0.1) is 0 Å². The fourth-order valence-corrected chi connectivity index (χ4v) is 0.785. The molecule has 0 rings (SSSR count). The molecule has 5 heteroatoms. The number of rotatable bonds is 4. The number of carbonyl (C=O) groups excluding carboxylic acids is 1. The Morgan fingerprint density at radius 2 is 2.33 bits per heavy atom. The zero-order valence-corrected chi connectivity index (χ0v) is 5.89. The first kappa shape index (κ1) is 8.58. The van der Waals surface area contributed by atoms with Crippen molar-refractivity contribution in [1.29, 1.82) is 0 Å². The van der Waals surface area contributed by atoms with Gasteiger partial charge in [0.1, 0.15) is 0 Å². The Labute approximate surface area is 56.3 Å². The van der Waals surface area contributed by atoms with Crippen LogP contribution in [0, 0.1) is 0 Å². The van der Waals surface area contributed by atoms with Crippen LogP contribution in [-0.4, -0.2) is 26.0 Å². The van der Waals surface area contributed by atoms with Crippen molar-refractivity contribution >= 4 is 17.7 Å². The predicted molar refractivity (Wildman–Crippen MR) is 32.0 cm³/mol. The van der Waals surface area contributed by atoms with E-state index in [-0.39, 0.29) is 6.54 Å². The fraction of sp³-hybridized carbons (Fsp3) is 0.750. The Morgan fingerprint density at radius 1 is 1.78 bits per heavy atom. The van der Waals surface area contributed by atoms with Gasteiger partial charge in [-0.3, -0.25) is 13.3 Å². The second-order valence-corrected chi connectivity index (χ2v) is 2.37. The monoisotopic (exact) mass is 150 g/mol. The molecule has 1 atom stereocenters. The fourth-order valence-electron chi connectivity index (χ4n) is 0.383. The Kier molecular flexibility index (Phi) is 4.25. The van der Waals surface area contributed by atoms with Gasteiger partial charge in [0.2, 0.25) is 6.41 Å². The molecule has 4 nitrogen and oxygen atoms in total. The zero-order valence-electron chi connectivity index (χ0n) is 5.07. The molecule has 1 unspecified atom stereocenters. The van der Waals surface area contributed by atoms with Crippen molar-refractivity contribution in [1.82, 2.24) is 4.31 Å². The third-order valence-corrected chi connectivity index (χ3v) is 1.40. The van der Waals surface area contributed by atoms with E-state index in [4.69, 9.17) is 0 Å². The second-order valence-electron chi connectivity index (χ2n) is 1.46. The van der Waals surface area contributed by atoms with E-state index in [1.807, 2.05) is 0 Å². The van der Waals surface area contributed by atoms with Crippen LogP contribution >= 0.6 is 0 Å². The lowest BCUT2D eigenvalue weighted by molar-refractivity contribution is -0.114. The van der Waals surface area contributed by atoms with Crippen LogP contribution < -0.4 is 0 Å². The van der Waals surface area contributed by atoms with Gasteiger partial charge in [-0.05, 0) is 6.42 Å². The first-order chi connectivity index (χ1) is 4.22. The Morgan fingerprint density at radius 3 is 2.44 bits per heavy atom. The minimum Gasteiger partial charge on any atom is -0.755 e. The average molecular weight is 150 g/mol. The Hall–Kier alpha value is -0.420. The molecule has 0 saturated carbocycles. The van der Waals surface area contributed by atoms with Crippen molar-refractivity contribution in [2.24, 2.45) is 0 Å². The molecule has 1 amide bonds. The van der Waals surface area contributed by atoms with Crippen LogP contribution in [0.2, 0.25) is 0 Å². The van der Waals surface area contributed by atoms with Crippen LogP contribution in [0.4, 0.5) is 0 Å². The minimum absolute atomic E-state index is 0.264. The number of amides is 1. The van der Waals surface area contributed by atoms with E-state index in [9.17, 15) is 13.6 Å². The van der Waals surface area contributed by atoms with Gasteiger partial charge in [-0.1, -0.05) is 6.92 Å². The average Bonchev–Trinajstić information content (AvgIpc) is 1.82. The molecular weight excluding hydrogens is 142 g/mol. The quantitative estimate of drug-likeness (QED) is 0.406. The summed E-state index contributed by atoms with van der Waals surface area (Å²) in [6.45, 7) is 2.06.